The standard InChI is InChI=1S/C23H37N5O5.C4H10N2O.C2H6/c1-6-25-20(14(2)3)22(31)27-12-19(29)28-17-8-7-16(13-33-23(32)15(4)5)18(11-17)21(30)26-10-9-24;1-2-3-6-4(5)7;1-2/h7-8,11,14-15,20,25H,6,9-10,12-13,24H2,1-5H3,(H,26,30)(H,27,31)(H,28,29);2-3H2,1H3,(H3,5,6,7);1-2H3. The molecule has 0 aliphatic carbocycles. The largest absolute Gasteiger partial charge is 0.461 e. The lowest BCUT2D eigenvalue weighted by Gasteiger charge is -2.20. The van der Waals surface area contributed by atoms with Crippen LogP contribution in [0.2, 0.25) is 0 Å². The molecule has 0 saturated heterocycles. The summed E-state index contributed by atoms with van der Waals surface area (Å²) in [4.78, 5) is 58.9. The van der Waals surface area contributed by atoms with Gasteiger partial charge in [-0.15, -0.1) is 0 Å². The van der Waals surface area contributed by atoms with Crippen molar-refractivity contribution in [3.8, 4) is 0 Å². The van der Waals surface area contributed by atoms with Crippen LogP contribution < -0.4 is 38.1 Å². The van der Waals surface area contributed by atoms with E-state index < -0.39 is 23.9 Å². The van der Waals surface area contributed by atoms with Gasteiger partial charge in [-0.2, -0.15) is 0 Å². The number of nitrogens with one attached hydrogen (secondary N) is 5. The Balaban J connectivity index is 0. The number of rotatable bonds is 15. The Morgan fingerprint density at radius 1 is 0.929 bits per heavy atom. The highest BCUT2D eigenvalue weighted by Gasteiger charge is 2.21. The number of hydrogen-bond donors (Lipinski definition) is 7. The first kappa shape index (κ1) is 40.4. The Morgan fingerprint density at radius 3 is 2.05 bits per heavy atom. The van der Waals surface area contributed by atoms with Crippen molar-refractivity contribution in [1.82, 2.24) is 21.3 Å². The molecular formula is C29H53N7O6. The smallest absolute Gasteiger partial charge is 0.312 e. The predicted molar refractivity (Wildman–Crippen MR) is 166 cm³/mol. The van der Waals surface area contributed by atoms with Crippen LogP contribution in [0.5, 0.6) is 0 Å². The average Bonchev–Trinajstić information content (AvgIpc) is 2.96. The minimum atomic E-state index is -0.443. The van der Waals surface area contributed by atoms with Gasteiger partial charge in [0.2, 0.25) is 11.8 Å². The zero-order chi connectivity index (χ0) is 32.7. The summed E-state index contributed by atoms with van der Waals surface area (Å²) in [5.41, 5.74) is 11.3. The van der Waals surface area contributed by atoms with Gasteiger partial charge in [0.25, 0.3) is 5.91 Å². The normalized spacial score (nSPS) is 10.7. The predicted octanol–water partition coefficient (Wildman–Crippen LogP) is 1.85. The van der Waals surface area contributed by atoms with Crippen molar-refractivity contribution < 1.29 is 28.7 Å². The van der Waals surface area contributed by atoms with Crippen LogP contribution in [0.3, 0.4) is 0 Å². The minimum Gasteiger partial charge on any atom is -0.461 e. The number of hydrogen-bond acceptors (Lipinski definition) is 8. The molecule has 1 rings (SSSR count). The van der Waals surface area contributed by atoms with Gasteiger partial charge in [0.05, 0.1) is 18.5 Å². The van der Waals surface area contributed by atoms with E-state index in [0.717, 1.165) is 6.42 Å². The highest BCUT2D eigenvalue weighted by atomic mass is 16.5. The number of anilines is 1. The maximum absolute atomic E-state index is 12.6. The summed E-state index contributed by atoms with van der Waals surface area (Å²) in [7, 11) is 0. The Bertz CT molecular complexity index is 970. The second-order valence-electron chi connectivity index (χ2n) is 9.52. The van der Waals surface area contributed by atoms with Crippen LogP contribution in [-0.4, -0.2) is 68.5 Å². The topological polar surface area (TPSA) is 207 Å². The van der Waals surface area contributed by atoms with E-state index >= 15 is 0 Å². The molecule has 0 aliphatic rings. The lowest BCUT2D eigenvalue weighted by Crippen LogP contribution is -2.49. The van der Waals surface area contributed by atoms with Gasteiger partial charge >= 0.3 is 12.0 Å². The first-order chi connectivity index (χ1) is 19.9. The number of nitrogens with two attached hydrogens (primary N) is 2. The van der Waals surface area contributed by atoms with E-state index in [1.54, 1.807) is 26.0 Å². The van der Waals surface area contributed by atoms with E-state index in [1.807, 2.05) is 41.5 Å². The number of carbonyl (C=O) groups is 5. The summed E-state index contributed by atoms with van der Waals surface area (Å²) in [6.45, 7) is 16.7. The number of likely N-dealkylation sites (N-methyl/N-ethyl adjacent to an activating group) is 1. The van der Waals surface area contributed by atoms with Crippen LogP contribution in [0, 0.1) is 11.8 Å². The van der Waals surface area contributed by atoms with Crippen LogP contribution in [-0.2, 0) is 25.7 Å². The van der Waals surface area contributed by atoms with Crippen LogP contribution in [0.1, 0.15) is 77.7 Å². The fraction of sp³-hybridized carbons (Fsp3) is 0.621. The molecule has 0 aromatic heterocycles. The third-order valence-corrected chi connectivity index (χ3v) is 5.26. The quantitative estimate of drug-likeness (QED) is 0.149. The third kappa shape index (κ3) is 17.9. The molecule has 13 heteroatoms. The summed E-state index contributed by atoms with van der Waals surface area (Å²) in [5, 5.41) is 13.5. The molecule has 0 bridgehead atoms. The summed E-state index contributed by atoms with van der Waals surface area (Å²) >= 11 is 0. The first-order valence-corrected chi connectivity index (χ1v) is 14.5. The highest BCUT2D eigenvalue weighted by molar-refractivity contribution is 5.99. The Hall–Kier alpha value is -3.71. The molecule has 0 fully saturated rings. The van der Waals surface area contributed by atoms with Gasteiger partial charge in [-0.3, -0.25) is 19.2 Å². The Labute approximate surface area is 250 Å². The van der Waals surface area contributed by atoms with Crippen LogP contribution in [0.15, 0.2) is 18.2 Å². The minimum absolute atomic E-state index is 0.0694. The monoisotopic (exact) mass is 595 g/mol. The van der Waals surface area contributed by atoms with Crippen molar-refractivity contribution in [2.45, 2.75) is 74.5 Å². The Morgan fingerprint density at radius 2 is 1.57 bits per heavy atom. The second-order valence-corrected chi connectivity index (χ2v) is 9.52. The zero-order valence-corrected chi connectivity index (χ0v) is 26.5. The first-order valence-electron chi connectivity index (χ1n) is 14.5. The van der Waals surface area contributed by atoms with E-state index in [4.69, 9.17) is 16.2 Å². The van der Waals surface area contributed by atoms with Gasteiger partial charge in [0.15, 0.2) is 0 Å². The number of urea groups is 1. The van der Waals surface area contributed by atoms with Crippen molar-refractivity contribution in [1.29, 1.82) is 0 Å². The highest BCUT2D eigenvalue weighted by Crippen LogP contribution is 2.18. The summed E-state index contributed by atoms with van der Waals surface area (Å²) in [6.07, 6.45) is 0.933. The van der Waals surface area contributed by atoms with Gasteiger partial charge in [0, 0.05) is 36.4 Å². The fourth-order valence-corrected chi connectivity index (χ4v) is 3.17. The van der Waals surface area contributed by atoms with E-state index in [-0.39, 0.29) is 55.5 Å². The molecule has 240 valence electrons. The van der Waals surface area contributed by atoms with Gasteiger partial charge in [0.1, 0.15) is 6.61 Å². The number of primary amides is 1. The molecule has 0 saturated carbocycles. The maximum Gasteiger partial charge on any atom is 0.312 e. The molecule has 13 nitrogen and oxygen atoms in total. The molecule has 0 heterocycles. The molecular weight excluding hydrogens is 542 g/mol. The molecule has 1 aromatic rings. The van der Waals surface area contributed by atoms with Crippen LogP contribution in [0.4, 0.5) is 10.5 Å². The number of amides is 5. The van der Waals surface area contributed by atoms with E-state index in [0.29, 0.717) is 24.3 Å². The zero-order valence-electron chi connectivity index (χ0n) is 26.5. The van der Waals surface area contributed by atoms with E-state index in [9.17, 15) is 24.0 Å². The number of esters is 1. The fourth-order valence-electron chi connectivity index (χ4n) is 3.17. The summed E-state index contributed by atoms with van der Waals surface area (Å²) < 4.78 is 5.25. The van der Waals surface area contributed by atoms with Crippen molar-refractivity contribution in [2.24, 2.45) is 23.3 Å². The van der Waals surface area contributed by atoms with Gasteiger partial charge in [-0.05, 0) is 31.0 Å². The third-order valence-electron chi connectivity index (χ3n) is 5.26. The van der Waals surface area contributed by atoms with E-state index in [2.05, 4.69) is 26.6 Å². The van der Waals surface area contributed by atoms with Crippen molar-refractivity contribution in [2.75, 3.05) is 38.0 Å². The van der Waals surface area contributed by atoms with Gasteiger partial charge < -0.3 is 42.8 Å². The molecule has 0 aliphatic heterocycles. The average molecular weight is 596 g/mol. The maximum atomic E-state index is 12.6. The van der Waals surface area contributed by atoms with Crippen molar-refractivity contribution >= 4 is 35.4 Å². The SMILES string of the molecule is CC.CCCNC(N)=O.CCNC(C(=O)NCC(=O)Nc1ccc(COC(=O)C(C)C)c(C(=O)NCCN)c1)C(C)C. The molecule has 1 atom stereocenters. The molecule has 1 unspecified atom stereocenters. The van der Waals surface area contributed by atoms with E-state index in [1.165, 1.54) is 6.07 Å². The lowest BCUT2D eigenvalue weighted by atomic mass is 10.0. The molecule has 5 amide bonds. The summed E-state index contributed by atoms with van der Waals surface area (Å²) in [5.74, 6) is -1.70. The lowest BCUT2D eigenvalue weighted by molar-refractivity contribution is -0.148. The van der Waals surface area contributed by atoms with Crippen LogP contribution >= 0.6 is 0 Å². The number of carbonyl (C=O) groups excluding carboxylic acids is 5. The molecule has 0 spiro atoms. The van der Waals surface area contributed by atoms with Crippen molar-refractivity contribution in [3.05, 3.63) is 29.3 Å². The van der Waals surface area contributed by atoms with Gasteiger partial charge in [-0.25, -0.2) is 4.79 Å². The number of ether oxygens (including phenoxy) is 1. The van der Waals surface area contributed by atoms with Crippen molar-refractivity contribution in [3.63, 3.8) is 0 Å². The van der Waals surface area contributed by atoms with Crippen LogP contribution in [0.25, 0.3) is 0 Å². The summed E-state index contributed by atoms with van der Waals surface area (Å²) in [6, 6.07) is 3.88. The second kappa shape index (κ2) is 23.9. The van der Waals surface area contributed by atoms with Gasteiger partial charge in [-0.1, -0.05) is 61.5 Å². The Kier molecular flexibility index (Phi) is 23.0. The molecule has 9 N–H and O–H groups in total. The molecule has 42 heavy (non-hydrogen) atoms. The molecule has 0 radical (unpaired) electrons. The number of benzene rings is 1. The molecule has 1 aromatic carbocycles.